The molecule has 0 unspecified atom stereocenters. The van der Waals surface area contributed by atoms with E-state index in [4.69, 9.17) is 0 Å². The van der Waals surface area contributed by atoms with Gasteiger partial charge in [-0.05, 0) is 48.5 Å². The van der Waals surface area contributed by atoms with Crippen LogP contribution in [0, 0.1) is 0 Å². The molecule has 0 heterocycles. The Bertz CT molecular complexity index is 1010. The molecule has 0 atom stereocenters. The van der Waals surface area contributed by atoms with Gasteiger partial charge >= 0.3 is 12.1 Å². The van der Waals surface area contributed by atoms with Crippen molar-refractivity contribution in [2.45, 2.75) is 6.42 Å². The molecule has 3 aromatic rings. The minimum atomic E-state index is -0.372. The average molecular weight is 417 g/mol. The summed E-state index contributed by atoms with van der Waals surface area (Å²) in [7, 11) is 0. The lowest BCUT2D eigenvalue weighted by Gasteiger charge is -2.10. The van der Waals surface area contributed by atoms with Gasteiger partial charge in [-0.2, -0.15) is 0 Å². The molecule has 5 amide bonds. The second kappa shape index (κ2) is 11.0. The molecule has 5 N–H and O–H groups in total. The molecule has 0 saturated carbocycles. The van der Waals surface area contributed by atoms with E-state index in [9.17, 15) is 14.4 Å². The van der Waals surface area contributed by atoms with Gasteiger partial charge < -0.3 is 26.6 Å². The SMILES string of the molecule is O=C(CCNC(=O)Nc1ccccc1)Nc1ccc(NC(=O)Nc2ccccc2)cc1. The second-order valence-electron chi connectivity index (χ2n) is 6.57. The standard InChI is InChI=1S/C23H23N5O3/c29-21(15-16-24-22(30)26-17-7-3-1-4-8-17)25-19-11-13-20(14-12-19)28-23(31)27-18-9-5-2-6-10-18/h1-14H,15-16H2,(H,25,29)(H2,24,26,30)(H2,27,28,31). The lowest BCUT2D eigenvalue weighted by molar-refractivity contribution is -0.116. The van der Waals surface area contributed by atoms with Crippen molar-refractivity contribution in [1.29, 1.82) is 0 Å². The maximum atomic E-state index is 12.1. The van der Waals surface area contributed by atoms with E-state index in [1.54, 1.807) is 48.5 Å². The molecule has 3 aromatic carbocycles. The van der Waals surface area contributed by atoms with E-state index in [-0.39, 0.29) is 30.9 Å². The number of urea groups is 2. The van der Waals surface area contributed by atoms with E-state index in [1.165, 1.54) is 0 Å². The van der Waals surface area contributed by atoms with Gasteiger partial charge in [-0.15, -0.1) is 0 Å². The lowest BCUT2D eigenvalue weighted by Crippen LogP contribution is -2.31. The number of carbonyl (C=O) groups is 3. The van der Waals surface area contributed by atoms with Crippen LogP contribution in [0.1, 0.15) is 6.42 Å². The van der Waals surface area contributed by atoms with Gasteiger partial charge in [0.2, 0.25) is 5.91 Å². The smallest absolute Gasteiger partial charge is 0.323 e. The van der Waals surface area contributed by atoms with Gasteiger partial charge in [-0.3, -0.25) is 4.79 Å². The van der Waals surface area contributed by atoms with Gasteiger partial charge in [0, 0.05) is 35.7 Å². The fraction of sp³-hybridized carbons (Fsp3) is 0.0870. The summed E-state index contributed by atoms with van der Waals surface area (Å²) in [5, 5.41) is 13.5. The maximum absolute atomic E-state index is 12.1. The molecule has 31 heavy (non-hydrogen) atoms. The first kappa shape index (κ1) is 21.4. The monoisotopic (exact) mass is 417 g/mol. The molecule has 0 radical (unpaired) electrons. The van der Waals surface area contributed by atoms with Crippen LogP contribution in [0.3, 0.4) is 0 Å². The minimum Gasteiger partial charge on any atom is -0.337 e. The van der Waals surface area contributed by atoms with Crippen LogP contribution < -0.4 is 26.6 Å². The van der Waals surface area contributed by atoms with Crippen molar-refractivity contribution in [3.63, 3.8) is 0 Å². The Hall–Kier alpha value is -4.33. The Labute approximate surface area is 180 Å². The van der Waals surface area contributed by atoms with Gasteiger partial charge in [0.05, 0.1) is 0 Å². The molecule has 0 aliphatic rings. The van der Waals surface area contributed by atoms with Crippen LogP contribution in [0.4, 0.5) is 32.3 Å². The molecule has 8 heteroatoms. The molecule has 0 saturated heterocycles. The molecule has 0 spiro atoms. The highest BCUT2D eigenvalue weighted by Crippen LogP contribution is 2.14. The first-order valence-electron chi connectivity index (χ1n) is 9.71. The summed E-state index contributed by atoms with van der Waals surface area (Å²) in [4.78, 5) is 35.9. The molecule has 158 valence electrons. The first-order chi connectivity index (χ1) is 15.1. The fourth-order valence-corrected chi connectivity index (χ4v) is 2.66. The molecular weight excluding hydrogens is 394 g/mol. The lowest BCUT2D eigenvalue weighted by atomic mass is 10.2. The number of anilines is 4. The number of para-hydroxylation sites is 2. The number of benzene rings is 3. The Morgan fingerprint density at radius 2 is 0.935 bits per heavy atom. The molecule has 8 nitrogen and oxygen atoms in total. The first-order valence-corrected chi connectivity index (χ1v) is 9.71. The van der Waals surface area contributed by atoms with Crippen LogP contribution in [0.25, 0.3) is 0 Å². The van der Waals surface area contributed by atoms with Gasteiger partial charge in [-0.1, -0.05) is 36.4 Å². The zero-order chi connectivity index (χ0) is 21.9. The second-order valence-corrected chi connectivity index (χ2v) is 6.57. The zero-order valence-corrected chi connectivity index (χ0v) is 16.7. The van der Waals surface area contributed by atoms with E-state index in [2.05, 4.69) is 26.6 Å². The zero-order valence-electron chi connectivity index (χ0n) is 16.7. The molecule has 3 rings (SSSR count). The summed E-state index contributed by atoms with van der Waals surface area (Å²) in [6, 6.07) is 24.2. The number of carbonyl (C=O) groups excluding carboxylic acids is 3. The third-order valence-electron chi connectivity index (χ3n) is 4.13. The summed E-state index contributed by atoms with van der Waals surface area (Å²) in [5.74, 6) is -0.234. The number of hydrogen-bond acceptors (Lipinski definition) is 3. The quantitative estimate of drug-likeness (QED) is 0.391. The normalized spacial score (nSPS) is 9.94. The average Bonchev–Trinajstić information content (AvgIpc) is 2.76. The predicted molar refractivity (Wildman–Crippen MR) is 122 cm³/mol. The van der Waals surface area contributed by atoms with Crippen molar-refractivity contribution < 1.29 is 14.4 Å². The van der Waals surface area contributed by atoms with Crippen LogP contribution in [0.2, 0.25) is 0 Å². The van der Waals surface area contributed by atoms with E-state index < -0.39 is 0 Å². The fourth-order valence-electron chi connectivity index (χ4n) is 2.66. The Balaban J connectivity index is 1.37. The molecule has 0 aromatic heterocycles. The van der Waals surface area contributed by atoms with Crippen molar-refractivity contribution in [1.82, 2.24) is 5.32 Å². The van der Waals surface area contributed by atoms with Crippen LogP contribution >= 0.6 is 0 Å². The number of nitrogens with one attached hydrogen (secondary N) is 5. The van der Waals surface area contributed by atoms with Gasteiger partial charge in [0.1, 0.15) is 0 Å². The van der Waals surface area contributed by atoms with Gasteiger partial charge in [-0.25, -0.2) is 9.59 Å². The topological polar surface area (TPSA) is 111 Å². The van der Waals surface area contributed by atoms with Crippen LogP contribution in [0.5, 0.6) is 0 Å². The van der Waals surface area contributed by atoms with Crippen LogP contribution in [0.15, 0.2) is 84.9 Å². The predicted octanol–water partition coefficient (Wildman–Crippen LogP) is 4.48. The molecule has 0 aliphatic heterocycles. The highest BCUT2D eigenvalue weighted by Gasteiger charge is 2.06. The van der Waals surface area contributed by atoms with E-state index in [0.29, 0.717) is 22.7 Å². The largest absolute Gasteiger partial charge is 0.337 e. The van der Waals surface area contributed by atoms with E-state index in [1.807, 2.05) is 36.4 Å². The maximum Gasteiger partial charge on any atom is 0.323 e. The van der Waals surface area contributed by atoms with Gasteiger partial charge in [0.25, 0.3) is 0 Å². The number of hydrogen-bond donors (Lipinski definition) is 5. The number of amides is 5. The van der Waals surface area contributed by atoms with Crippen molar-refractivity contribution in [3.8, 4) is 0 Å². The van der Waals surface area contributed by atoms with E-state index in [0.717, 1.165) is 0 Å². The van der Waals surface area contributed by atoms with Crippen molar-refractivity contribution >= 4 is 40.7 Å². The third kappa shape index (κ3) is 7.54. The summed E-state index contributed by atoms with van der Waals surface area (Å²) in [5.41, 5.74) is 2.55. The van der Waals surface area contributed by atoms with Gasteiger partial charge in [0.15, 0.2) is 0 Å². The van der Waals surface area contributed by atoms with E-state index >= 15 is 0 Å². The molecule has 0 fully saturated rings. The van der Waals surface area contributed by atoms with Crippen molar-refractivity contribution in [2.24, 2.45) is 0 Å². The van der Waals surface area contributed by atoms with Crippen molar-refractivity contribution in [2.75, 3.05) is 27.8 Å². The highest BCUT2D eigenvalue weighted by atomic mass is 16.2. The Morgan fingerprint density at radius 1 is 0.516 bits per heavy atom. The summed E-state index contributed by atoms with van der Waals surface area (Å²) in [6.45, 7) is 0.198. The third-order valence-corrected chi connectivity index (χ3v) is 4.13. The number of rotatable bonds is 7. The Morgan fingerprint density at radius 3 is 1.45 bits per heavy atom. The Kier molecular flexibility index (Phi) is 7.59. The summed E-state index contributed by atoms with van der Waals surface area (Å²) < 4.78 is 0. The summed E-state index contributed by atoms with van der Waals surface area (Å²) >= 11 is 0. The molecule has 0 bridgehead atoms. The van der Waals surface area contributed by atoms with Crippen molar-refractivity contribution in [3.05, 3.63) is 84.9 Å². The summed E-state index contributed by atoms with van der Waals surface area (Å²) in [6.07, 6.45) is 0.127. The highest BCUT2D eigenvalue weighted by molar-refractivity contribution is 6.00. The molecular formula is C23H23N5O3. The van der Waals surface area contributed by atoms with Crippen LogP contribution in [-0.2, 0) is 4.79 Å². The minimum absolute atomic E-state index is 0.127. The molecule has 0 aliphatic carbocycles. The van der Waals surface area contributed by atoms with Crippen LogP contribution in [-0.4, -0.2) is 24.5 Å².